The summed E-state index contributed by atoms with van der Waals surface area (Å²) in [5, 5.41) is 0. The second kappa shape index (κ2) is 4.65. The first-order valence-electron chi connectivity index (χ1n) is 4.70. The molecular weight excluding hydrogens is 275 g/mol. The highest BCUT2D eigenvalue weighted by Gasteiger charge is 2.04. The van der Waals surface area contributed by atoms with Crippen molar-refractivity contribution in [1.82, 2.24) is 9.55 Å². The molecule has 16 heavy (non-hydrogen) atoms. The molecule has 1 aromatic heterocycles. The normalized spacial score (nSPS) is 10.4. The molecule has 2 rings (SSSR count). The van der Waals surface area contributed by atoms with Crippen LogP contribution in [0, 0.1) is 5.82 Å². The maximum Gasteiger partial charge on any atom is 0.136 e. The van der Waals surface area contributed by atoms with Gasteiger partial charge in [0.1, 0.15) is 18.2 Å². The van der Waals surface area contributed by atoms with E-state index in [4.69, 9.17) is 4.74 Å². The van der Waals surface area contributed by atoms with Crippen molar-refractivity contribution < 1.29 is 9.13 Å². The van der Waals surface area contributed by atoms with Gasteiger partial charge in [-0.05, 0) is 28.1 Å². The van der Waals surface area contributed by atoms with Crippen molar-refractivity contribution in [2.75, 3.05) is 0 Å². The van der Waals surface area contributed by atoms with E-state index in [1.807, 2.05) is 11.6 Å². The lowest BCUT2D eigenvalue weighted by molar-refractivity contribution is 0.293. The molecule has 0 spiro atoms. The van der Waals surface area contributed by atoms with E-state index in [-0.39, 0.29) is 5.82 Å². The van der Waals surface area contributed by atoms with Gasteiger partial charge in [0.15, 0.2) is 0 Å². The van der Waals surface area contributed by atoms with Crippen molar-refractivity contribution in [2.45, 2.75) is 6.61 Å². The average molecular weight is 285 g/mol. The van der Waals surface area contributed by atoms with E-state index in [9.17, 15) is 4.39 Å². The van der Waals surface area contributed by atoms with Gasteiger partial charge >= 0.3 is 0 Å². The third-order valence-electron chi connectivity index (χ3n) is 2.19. The van der Waals surface area contributed by atoms with E-state index in [0.29, 0.717) is 12.4 Å². The second-order valence-electron chi connectivity index (χ2n) is 3.36. The number of halogens is 2. The quantitative estimate of drug-likeness (QED) is 0.867. The summed E-state index contributed by atoms with van der Waals surface area (Å²) in [6.07, 6.45) is 3.41. The number of imidazole rings is 1. The van der Waals surface area contributed by atoms with E-state index in [2.05, 4.69) is 20.9 Å². The summed E-state index contributed by atoms with van der Waals surface area (Å²) < 4.78 is 21.1. The van der Waals surface area contributed by atoms with Crippen LogP contribution in [0.25, 0.3) is 0 Å². The van der Waals surface area contributed by atoms with E-state index in [1.54, 1.807) is 18.6 Å². The molecule has 0 fully saturated rings. The van der Waals surface area contributed by atoms with Crippen LogP contribution in [0.1, 0.15) is 5.69 Å². The predicted octanol–water partition coefficient (Wildman–Crippen LogP) is 2.90. The third kappa shape index (κ3) is 2.41. The summed E-state index contributed by atoms with van der Waals surface area (Å²) in [4.78, 5) is 3.97. The van der Waals surface area contributed by atoms with Gasteiger partial charge in [-0.3, -0.25) is 0 Å². The van der Waals surface area contributed by atoms with Crippen LogP contribution in [0.4, 0.5) is 4.39 Å². The fraction of sp³-hybridized carbons (Fsp3) is 0.182. The van der Waals surface area contributed by atoms with Gasteiger partial charge in [0, 0.05) is 13.1 Å². The van der Waals surface area contributed by atoms with Crippen LogP contribution in [0.5, 0.6) is 5.75 Å². The van der Waals surface area contributed by atoms with E-state index < -0.39 is 0 Å². The molecule has 2 aromatic rings. The summed E-state index contributed by atoms with van der Waals surface area (Å²) >= 11 is 3.30. The topological polar surface area (TPSA) is 27.1 Å². The SMILES string of the molecule is Cn1cncc1COc1cc(F)ccc1Br. The molecular formula is C11H10BrFN2O. The molecule has 0 atom stereocenters. The number of rotatable bonds is 3. The van der Waals surface area contributed by atoms with Gasteiger partial charge in [0.25, 0.3) is 0 Å². The number of nitrogens with zero attached hydrogens (tertiary/aromatic N) is 2. The molecule has 0 N–H and O–H groups in total. The van der Waals surface area contributed by atoms with Crippen molar-refractivity contribution in [3.8, 4) is 5.75 Å². The van der Waals surface area contributed by atoms with Crippen LogP contribution in [0.15, 0.2) is 35.2 Å². The average Bonchev–Trinajstić information content (AvgIpc) is 2.66. The molecule has 3 nitrogen and oxygen atoms in total. The number of ether oxygens (including phenoxy) is 1. The number of hydrogen-bond donors (Lipinski definition) is 0. The van der Waals surface area contributed by atoms with Crippen molar-refractivity contribution in [2.24, 2.45) is 7.05 Å². The highest BCUT2D eigenvalue weighted by atomic mass is 79.9. The first kappa shape index (κ1) is 11.1. The van der Waals surface area contributed by atoms with E-state index in [0.717, 1.165) is 10.2 Å². The first-order valence-corrected chi connectivity index (χ1v) is 5.49. The Bertz CT molecular complexity index is 498. The highest BCUT2D eigenvalue weighted by molar-refractivity contribution is 9.10. The Labute approximate surface area is 101 Å². The van der Waals surface area contributed by atoms with Gasteiger partial charge in [-0.1, -0.05) is 0 Å². The molecule has 5 heteroatoms. The fourth-order valence-corrected chi connectivity index (χ4v) is 1.62. The van der Waals surface area contributed by atoms with Gasteiger partial charge in [-0.2, -0.15) is 0 Å². The molecule has 0 saturated carbocycles. The Kier molecular flexibility index (Phi) is 3.24. The maximum absolute atomic E-state index is 13.0. The molecule has 84 valence electrons. The lowest BCUT2D eigenvalue weighted by Crippen LogP contribution is -2.01. The second-order valence-corrected chi connectivity index (χ2v) is 4.21. The molecule has 0 unspecified atom stereocenters. The molecule has 0 amide bonds. The summed E-state index contributed by atoms with van der Waals surface area (Å²) in [6, 6.07) is 4.34. The Morgan fingerprint density at radius 1 is 1.50 bits per heavy atom. The van der Waals surface area contributed by atoms with Crippen LogP contribution >= 0.6 is 15.9 Å². The van der Waals surface area contributed by atoms with Crippen molar-refractivity contribution in [3.63, 3.8) is 0 Å². The highest BCUT2D eigenvalue weighted by Crippen LogP contribution is 2.26. The van der Waals surface area contributed by atoms with Crippen LogP contribution in [0.3, 0.4) is 0 Å². The van der Waals surface area contributed by atoms with Crippen molar-refractivity contribution >= 4 is 15.9 Å². The summed E-state index contributed by atoms with van der Waals surface area (Å²) in [5.74, 6) is 0.171. The number of aryl methyl sites for hydroxylation is 1. The minimum Gasteiger partial charge on any atom is -0.486 e. The zero-order chi connectivity index (χ0) is 11.5. The Morgan fingerprint density at radius 3 is 3.00 bits per heavy atom. The van der Waals surface area contributed by atoms with Gasteiger partial charge in [0.2, 0.25) is 0 Å². The molecule has 0 radical (unpaired) electrons. The van der Waals surface area contributed by atoms with Crippen molar-refractivity contribution in [3.05, 3.63) is 46.7 Å². The van der Waals surface area contributed by atoms with E-state index >= 15 is 0 Å². The van der Waals surface area contributed by atoms with E-state index in [1.165, 1.54) is 12.1 Å². The smallest absolute Gasteiger partial charge is 0.136 e. The van der Waals surface area contributed by atoms with Crippen LogP contribution < -0.4 is 4.74 Å². The summed E-state index contributed by atoms with van der Waals surface area (Å²) in [5.41, 5.74) is 0.927. The van der Waals surface area contributed by atoms with Gasteiger partial charge in [-0.25, -0.2) is 9.37 Å². The minimum absolute atomic E-state index is 0.316. The minimum atomic E-state index is -0.316. The Morgan fingerprint density at radius 2 is 2.31 bits per heavy atom. The van der Waals surface area contributed by atoms with Crippen molar-refractivity contribution in [1.29, 1.82) is 0 Å². The molecule has 1 heterocycles. The standard InChI is InChI=1S/C11H10BrFN2O/c1-15-7-14-5-9(15)6-16-11-4-8(13)2-3-10(11)12/h2-5,7H,6H2,1H3. The number of hydrogen-bond acceptors (Lipinski definition) is 2. The summed E-state index contributed by atoms with van der Waals surface area (Å²) in [7, 11) is 1.88. The zero-order valence-corrected chi connectivity index (χ0v) is 10.2. The lowest BCUT2D eigenvalue weighted by Gasteiger charge is -2.08. The number of benzene rings is 1. The summed E-state index contributed by atoms with van der Waals surface area (Å²) in [6.45, 7) is 0.360. The van der Waals surface area contributed by atoms with Gasteiger partial charge in [-0.15, -0.1) is 0 Å². The predicted molar refractivity (Wildman–Crippen MR) is 61.6 cm³/mol. The molecule has 0 aliphatic carbocycles. The molecule has 0 aliphatic rings. The van der Waals surface area contributed by atoms with Gasteiger partial charge < -0.3 is 9.30 Å². The van der Waals surface area contributed by atoms with Crippen LogP contribution in [-0.2, 0) is 13.7 Å². The third-order valence-corrected chi connectivity index (χ3v) is 2.84. The fourth-order valence-electron chi connectivity index (χ4n) is 1.26. The molecule has 0 saturated heterocycles. The molecule has 1 aromatic carbocycles. The van der Waals surface area contributed by atoms with Crippen LogP contribution in [0.2, 0.25) is 0 Å². The lowest BCUT2D eigenvalue weighted by atomic mass is 10.3. The maximum atomic E-state index is 13.0. The molecule has 0 aliphatic heterocycles. The zero-order valence-electron chi connectivity index (χ0n) is 8.65. The number of aromatic nitrogens is 2. The Hall–Kier alpha value is -1.36. The Balaban J connectivity index is 2.10. The largest absolute Gasteiger partial charge is 0.486 e. The molecule has 0 bridgehead atoms. The van der Waals surface area contributed by atoms with Crippen LogP contribution in [-0.4, -0.2) is 9.55 Å². The first-order chi connectivity index (χ1) is 7.66. The van der Waals surface area contributed by atoms with Gasteiger partial charge in [0.05, 0.1) is 22.7 Å². The monoisotopic (exact) mass is 284 g/mol.